The Hall–Kier alpha value is -2.86. The van der Waals surface area contributed by atoms with Gasteiger partial charge < -0.3 is 4.90 Å². The van der Waals surface area contributed by atoms with Crippen LogP contribution in [0.4, 0.5) is 10.2 Å². The van der Waals surface area contributed by atoms with Gasteiger partial charge >= 0.3 is 0 Å². The Morgan fingerprint density at radius 3 is 2.55 bits per heavy atom. The predicted octanol–water partition coefficient (Wildman–Crippen LogP) is 4.01. The van der Waals surface area contributed by atoms with Gasteiger partial charge in [0, 0.05) is 55.7 Å². The Labute approximate surface area is 171 Å². The summed E-state index contributed by atoms with van der Waals surface area (Å²) in [6.45, 7) is 8.34. The van der Waals surface area contributed by atoms with Gasteiger partial charge in [0.15, 0.2) is 5.82 Å². The van der Waals surface area contributed by atoms with Crippen LogP contribution in [0.25, 0.3) is 11.5 Å². The second-order valence-corrected chi connectivity index (χ2v) is 7.50. The first-order valence-corrected chi connectivity index (χ1v) is 10.1. The molecule has 6 heteroatoms. The summed E-state index contributed by atoms with van der Waals surface area (Å²) >= 11 is 0. The lowest BCUT2D eigenvalue weighted by Crippen LogP contribution is -2.32. The fourth-order valence-corrected chi connectivity index (χ4v) is 3.74. The molecule has 0 bridgehead atoms. The number of nitrogens with zero attached hydrogens (tertiary/aromatic N) is 5. The molecule has 0 aliphatic carbocycles. The first-order valence-electron chi connectivity index (χ1n) is 10.1. The van der Waals surface area contributed by atoms with E-state index in [2.05, 4.69) is 26.7 Å². The highest BCUT2D eigenvalue weighted by molar-refractivity contribution is 5.57. The summed E-state index contributed by atoms with van der Waals surface area (Å²) in [5.74, 6) is 1.51. The van der Waals surface area contributed by atoms with Gasteiger partial charge in [0.05, 0.1) is 0 Å². The molecule has 3 aromatic rings. The maximum atomic E-state index is 14.0. The molecule has 1 saturated heterocycles. The van der Waals surface area contributed by atoms with Crippen molar-refractivity contribution in [3.63, 3.8) is 0 Å². The van der Waals surface area contributed by atoms with E-state index in [0.29, 0.717) is 12.4 Å². The first-order chi connectivity index (χ1) is 14.1. The summed E-state index contributed by atoms with van der Waals surface area (Å²) in [5, 5.41) is 0. The van der Waals surface area contributed by atoms with Crippen LogP contribution < -0.4 is 4.90 Å². The molecule has 0 N–H and O–H groups in total. The van der Waals surface area contributed by atoms with Crippen LogP contribution in [-0.4, -0.2) is 46.0 Å². The zero-order valence-corrected chi connectivity index (χ0v) is 17.0. The number of benzene rings is 1. The molecule has 150 valence electrons. The van der Waals surface area contributed by atoms with Crippen molar-refractivity contribution in [1.29, 1.82) is 0 Å². The van der Waals surface area contributed by atoms with Crippen LogP contribution in [0.5, 0.6) is 0 Å². The topological polar surface area (TPSA) is 45.2 Å². The SMILES string of the molecule is Cc1nc(-c2ccccn2)nc(N2CCCN(Cc3ccccc3F)CC2)c1C. The van der Waals surface area contributed by atoms with Crippen LogP contribution in [0.1, 0.15) is 23.2 Å². The quantitative estimate of drug-likeness (QED) is 0.673. The summed E-state index contributed by atoms with van der Waals surface area (Å²) in [7, 11) is 0. The molecule has 1 fully saturated rings. The molecule has 1 aliphatic heterocycles. The molecule has 29 heavy (non-hydrogen) atoms. The van der Waals surface area contributed by atoms with Crippen molar-refractivity contribution in [3.8, 4) is 11.5 Å². The number of hydrogen-bond donors (Lipinski definition) is 0. The highest BCUT2D eigenvalue weighted by Crippen LogP contribution is 2.25. The van der Waals surface area contributed by atoms with E-state index in [1.54, 1.807) is 12.3 Å². The second-order valence-electron chi connectivity index (χ2n) is 7.50. The maximum absolute atomic E-state index is 14.0. The minimum atomic E-state index is -0.129. The minimum Gasteiger partial charge on any atom is -0.355 e. The largest absolute Gasteiger partial charge is 0.355 e. The van der Waals surface area contributed by atoms with Gasteiger partial charge in [-0.15, -0.1) is 0 Å². The van der Waals surface area contributed by atoms with Gasteiger partial charge in [-0.25, -0.2) is 14.4 Å². The van der Waals surface area contributed by atoms with Gasteiger partial charge in [0.2, 0.25) is 0 Å². The third kappa shape index (κ3) is 4.43. The van der Waals surface area contributed by atoms with Crippen molar-refractivity contribution in [2.24, 2.45) is 0 Å². The van der Waals surface area contributed by atoms with Gasteiger partial charge in [0.1, 0.15) is 17.3 Å². The average Bonchev–Trinajstić information content (AvgIpc) is 2.98. The molecule has 1 aromatic carbocycles. The molecular weight excluding hydrogens is 365 g/mol. The van der Waals surface area contributed by atoms with Crippen molar-refractivity contribution < 1.29 is 4.39 Å². The molecule has 3 heterocycles. The summed E-state index contributed by atoms with van der Waals surface area (Å²) in [6, 6.07) is 12.8. The van der Waals surface area contributed by atoms with E-state index in [1.807, 2.05) is 37.3 Å². The van der Waals surface area contributed by atoms with E-state index in [4.69, 9.17) is 4.98 Å². The smallest absolute Gasteiger partial charge is 0.180 e. The summed E-state index contributed by atoms with van der Waals surface area (Å²) in [6.07, 6.45) is 2.77. The van der Waals surface area contributed by atoms with E-state index in [1.165, 1.54) is 6.07 Å². The van der Waals surface area contributed by atoms with Crippen molar-refractivity contribution in [2.45, 2.75) is 26.8 Å². The van der Waals surface area contributed by atoms with Crippen molar-refractivity contribution in [2.75, 3.05) is 31.1 Å². The first kappa shape index (κ1) is 19.5. The Morgan fingerprint density at radius 1 is 0.931 bits per heavy atom. The minimum absolute atomic E-state index is 0.129. The Balaban J connectivity index is 1.53. The van der Waals surface area contributed by atoms with Gasteiger partial charge in [-0.1, -0.05) is 24.3 Å². The highest BCUT2D eigenvalue weighted by Gasteiger charge is 2.20. The van der Waals surface area contributed by atoms with E-state index in [9.17, 15) is 4.39 Å². The number of anilines is 1. The van der Waals surface area contributed by atoms with E-state index >= 15 is 0 Å². The third-order valence-electron chi connectivity index (χ3n) is 5.50. The molecule has 0 saturated carbocycles. The molecule has 2 aromatic heterocycles. The Morgan fingerprint density at radius 2 is 1.76 bits per heavy atom. The van der Waals surface area contributed by atoms with Crippen molar-refractivity contribution in [3.05, 3.63) is 71.3 Å². The lowest BCUT2D eigenvalue weighted by molar-refractivity contribution is 0.281. The molecule has 4 rings (SSSR count). The molecule has 0 spiro atoms. The number of halogens is 1. The lowest BCUT2D eigenvalue weighted by atomic mass is 10.2. The summed E-state index contributed by atoms with van der Waals surface area (Å²) < 4.78 is 14.0. The fraction of sp³-hybridized carbons (Fsp3) is 0.348. The van der Waals surface area contributed by atoms with Crippen molar-refractivity contribution >= 4 is 5.82 Å². The zero-order chi connectivity index (χ0) is 20.2. The van der Waals surface area contributed by atoms with E-state index < -0.39 is 0 Å². The number of pyridine rings is 1. The normalized spacial score (nSPS) is 15.3. The van der Waals surface area contributed by atoms with E-state index in [0.717, 1.165) is 60.9 Å². The highest BCUT2D eigenvalue weighted by atomic mass is 19.1. The van der Waals surface area contributed by atoms with Crippen LogP contribution in [0.3, 0.4) is 0 Å². The molecule has 0 unspecified atom stereocenters. The number of aromatic nitrogens is 3. The zero-order valence-electron chi connectivity index (χ0n) is 17.0. The molecule has 1 aliphatic rings. The second kappa shape index (κ2) is 8.66. The molecule has 0 atom stereocenters. The van der Waals surface area contributed by atoms with E-state index in [-0.39, 0.29) is 5.82 Å². The average molecular weight is 391 g/mol. The van der Waals surface area contributed by atoms with Crippen LogP contribution in [-0.2, 0) is 6.54 Å². The molecular formula is C23H26FN5. The Bertz CT molecular complexity index is 976. The van der Waals surface area contributed by atoms with Gasteiger partial charge in [-0.05, 0) is 38.5 Å². The van der Waals surface area contributed by atoms with Crippen LogP contribution in [0.2, 0.25) is 0 Å². The van der Waals surface area contributed by atoms with Gasteiger partial charge in [-0.2, -0.15) is 0 Å². The van der Waals surface area contributed by atoms with Crippen LogP contribution >= 0.6 is 0 Å². The molecule has 5 nitrogen and oxygen atoms in total. The summed E-state index contributed by atoms with van der Waals surface area (Å²) in [4.78, 5) is 18.6. The monoisotopic (exact) mass is 391 g/mol. The maximum Gasteiger partial charge on any atom is 0.180 e. The van der Waals surface area contributed by atoms with Gasteiger partial charge in [-0.3, -0.25) is 9.88 Å². The lowest BCUT2D eigenvalue weighted by Gasteiger charge is -2.25. The fourth-order valence-electron chi connectivity index (χ4n) is 3.74. The summed E-state index contributed by atoms with van der Waals surface area (Å²) in [5.41, 5.74) is 3.62. The third-order valence-corrected chi connectivity index (χ3v) is 5.50. The number of rotatable bonds is 4. The van der Waals surface area contributed by atoms with Crippen LogP contribution in [0.15, 0.2) is 48.7 Å². The van der Waals surface area contributed by atoms with Crippen molar-refractivity contribution in [1.82, 2.24) is 19.9 Å². The molecule has 0 radical (unpaired) electrons. The van der Waals surface area contributed by atoms with Crippen LogP contribution in [0, 0.1) is 19.7 Å². The number of aryl methyl sites for hydroxylation is 1. The predicted molar refractivity (Wildman–Crippen MR) is 113 cm³/mol. The Kier molecular flexibility index (Phi) is 5.81. The molecule has 0 amide bonds. The van der Waals surface area contributed by atoms with Gasteiger partial charge in [0.25, 0.3) is 0 Å². The standard InChI is InChI=1S/C23H26FN5/c1-17-18(2)26-22(21-10-5-6-11-25-21)27-23(17)29-13-7-12-28(14-15-29)16-19-8-3-4-9-20(19)24/h3-6,8-11H,7,12-16H2,1-2H3. The number of hydrogen-bond acceptors (Lipinski definition) is 5.